The van der Waals surface area contributed by atoms with Crippen LogP contribution >= 0.6 is 11.6 Å². The minimum absolute atomic E-state index is 0.0568. The highest BCUT2D eigenvalue weighted by Crippen LogP contribution is 2.27. The molecule has 0 saturated heterocycles. The summed E-state index contributed by atoms with van der Waals surface area (Å²) in [4.78, 5) is 26.4. The topological polar surface area (TPSA) is 94.0 Å². The molecule has 8 nitrogen and oxygen atoms in total. The van der Waals surface area contributed by atoms with Gasteiger partial charge in [-0.3, -0.25) is 14.3 Å². The number of hydroxylamine groups is 1. The Morgan fingerprint density at radius 1 is 1.17 bits per heavy atom. The van der Waals surface area contributed by atoms with Crippen LogP contribution in [0.3, 0.4) is 0 Å². The quantitative estimate of drug-likeness (QED) is 0.308. The Labute approximate surface area is 207 Å². The van der Waals surface area contributed by atoms with Crippen LogP contribution in [0, 0.1) is 12.7 Å². The predicted octanol–water partition coefficient (Wildman–Crippen LogP) is 5.63. The summed E-state index contributed by atoms with van der Waals surface area (Å²) in [6, 6.07) is 11.7. The fourth-order valence-corrected chi connectivity index (χ4v) is 3.45. The number of rotatable bonds is 8. The fraction of sp³-hybridized carbons (Fsp3) is 0.200. The van der Waals surface area contributed by atoms with E-state index in [0.717, 1.165) is 5.56 Å². The maximum absolute atomic E-state index is 13.6. The molecule has 2 heterocycles. The molecule has 0 spiro atoms. The van der Waals surface area contributed by atoms with Gasteiger partial charge in [-0.05, 0) is 62.2 Å². The third-order valence-corrected chi connectivity index (χ3v) is 5.60. The van der Waals surface area contributed by atoms with Crippen LogP contribution in [-0.4, -0.2) is 25.7 Å². The molecule has 0 aliphatic rings. The van der Waals surface area contributed by atoms with Crippen molar-refractivity contribution in [2.45, 2.75) is 33.4 Å². The second-order valence-corrected chi connectivity index (χ2v) is 8.55. The van der Waals surface area contributed by atoms with Gasteiger partial charge in [0.15, 0.2) is 0 Å². The molecule has 4 rings (SSSR count). The molecule has 0 fully saturated rings. The molecular formula is C25H24ClFN6O2. The first-order chi connectivity index (χ1) is 16.8. The van der Waals surface area contributed by atoms with Gasteiger partial charge in [-0.25, -0.2) is 19.8 Å². The highest BCUT2D eigenvalue weighted by Gasteiger charge is 2.12. The van der Waals surface area contributed by atoms with E-state index >= 15 is 0 Å². The molecule has 0 aliphatic carbocycles. The minimum atomic E-state index is -0.419. The van der Waals surface area contributed by atoms with E-state index in [4.69, 9.17) is 16.4 Å². The van der Waals surface area contributed by atoms with E-state index in [0.29, 0.717) is 39.0 Å². The van der Waals surface area contributed by atoms with Gasteiger partial charge in [-0.1, -0.05) is 23.7 Å². The predicted molar refractivity (Wildman–Crippen MR) is 132 cm³/mol. The fourth-order valence-electron chi connectivity index (χ4n) is 3.25. The average Bonchev–Trinajstić information content (AvgIpc) is 3.34. The number of carbonyl (C=O) groups excluding carboxylic acids is 1. The number of aromatic nitrogens is 4. The minimum Gasteiger partial charge on any atom is -0.324 e. The summed E-state index contributed by atoms with van der Waals surface area (Å²) in [5.74, 6) is -0.381. The Hall–Kier alpha value is -3.82. The number of benzene rings is 2. The van der Waals surface area contributed by atoms with Crippen molar-refractivity contribution >= 4 is 29.1 Å². The summed E-state index contributed by atoms with van der Waals surface area (Å²) >= 11 is 6.31. The molecule has 0 atom stereocenters. The monoisotopic (exact) mass is 494 g/mol. The summed E-state index contributed by atoms with van der Waals surface area (Å²) in [6.07, 6.45) is 5.12. The Bertz CT molecular complexity index is 1340. The summed E-state index contributed by atoms with van der Waals surface area (Å²) < 4.78 is 15.4. The number of anilines is 2. The molecule has 180 valence electrons. The molecule has 2 aromatic heterocycles. The highest BCUT2D eigenvalue weighted by atomic mass is 35.5. The third-order valence-electron chi connectivity index (χ3n) is 5.32. The Morgan fingerprint density at radius 3 is 2.66 bits per heavy atom. The maximum atomic E-state index is 13.6. The lowest BCUT2D eigenvalue weighted by atomic mass is 10.1. The summed E-state index contributed by atoms with van der Waals surface area (Å²) in [7, 11) is 0. The first-order valence-electron chi connectivity index (χ1n) is 10.9. The van der Waals surface area contributed by atoms with Gasteiger partial charge in [0.2, 0.25) is 5.95 Å². The van der Waals surface area contributed by atoms with Crippen LogP contribution < -0.4 is 10.8 Å². The van der Waals surface area contributed by atoms with Gasteiger partial charge in [0.05, 0.1) is 23.1 Å². The second-order valence-electron chi connectivity index (χ2n) is 8.14. The summed E-state index contributed by atoms with van der Waals surface area (Å²) in [5, 5.41) is 7.85. The molecule has 2 aromatic carbocycles. The number of amides is 1. The van der Waals surface area contributed by atoms with Crippen molar-refractivity contribution in [1.29, 1.82) is 0 Å². The lowest BCUT2D eigenvalue weighted by molar-refractivity contribution is 0.0231. The lowest BCUT2D eigenvalue weighted by Crippen LogP contribution is -2.23. The van der Waals surface area contributed by atoms with Gasteiger partial charge in [0.1, 0.15) is 12.4 Å². The van der Waals surface area contributed by atoms with Crippen molar-refractivity contribution in [3.63, 3.8) is 0 Å². The van der Waals surface area contributed by atoms with E-state index in [9.17, 15) is 9.18 Å². The summed E-state index contributed by atoms with van der Waals surface area (Å²) in [5.41, 5.74) is 5.95. The van der Waals surface area contributed by atoms with Gasteiger partial charge in [0.25, 0.3) is 5.91 Å². The number of hydrogen-bond donors (Lipinski definition) is 2. The molecule has 2 N–H and O–H groups in total. The van der Waals surface area contributed by atoms with Crippen molar-refractivity contribution in [3.05, 3.63) is 88.6 Å². The first-order valence-corrected chi connectivity index (χ1v) is 11.3. The molecule has 0 saturated carbocycles. The van der Waals surface area contributed by atoms with Crippen molar-refractivity contribution in [1.82, 2.24) is 25.2 Å². The van der Waals surface area contributed by atoms with Crippen molar-refractivity contribution < 1.29 is 14.0 Å². The third kappa shape index (κ3) is 5.82. The number of carbonyl (C=O) groups is 1. The van der Waals surface area contributed by atoms with Crippen molar-refractivity contribution in [3.8, 4) is 11.3 Å². The van der Waals surface area contributed by atoms with Crippen LogP contribution in [0.1, 0.15) is 41.4 Å². The molecule has 4 aromatic rings. The Kier molecular flexibility index (Phi) is 7.38. The van der Waals surface area contributed by atoms with E-state index < -0.39 is 5.91 Å². The molecule has 0 bridgehead atoms. The van der Waals surface area contributed by atoms with Crippen molar-refractivity contribution in [2.75, 3.05) is 5.32 Å². The molecule has 0 unspecified atom stereocenters. The van der Waals surface area contributed by atoms with Crippen molar-refractivity contribution in [2.24, 2.45) is 0 Å². The SMILES string of the molecule is Cc1c(F)cccc1CONC(=O)c1ccc(Nc2ncc(Cl)c(-c3cnn(C(C)C)c3)n2)cc1. The lowest BCUT2D eigenvalue weighted by Gasteiger charge is -2.10. The van der Waals surface area contributed by atoms with E-state index in [-0.39, 0.29) is 18.5 Å². The Balaban J connectivity index is 1.38. The average molecular weight is 495 g/mol. The van der Waals surface area contributed by atoms with Crippen LogP contribution in [-0.2, 0) is 11.4 Å². The molecule has 0 aliphatic heterocycles. The standard InChI is InChI=1S/C25H24ClFN6O2/c1-15(2)33-13-19(11-29-33)23-21(26)12-28-25(31-23)30-20-9-7-17(8-10-20)24(34)32-35-14-18-5-4-6-22(27)16(18)3/h4-13,15H,14H2,1-3H3,(H,32,34)(H,28,30,31). The van der Waals surface area contributed by atoms with E-state index in [2.05, 4.69) is 25.9 Å². The zero-order chi connectivity index (χ0) is 24.9. The zero-order valence-corrected chi connectivity index (χ0v) is 20.2. The number of nitrogens with zero attached hydrogens (tertiary/aromatic N) is 4. The molecule has 10 heteroatoms. The number of halogens is 2. The second kappa shape index (κ2) is 10.6. The van der Waals surface area contributed by atoms with E-state index in [1.165, 1.54) is 12.3 Å². The molecular weight excluding hydrogens is 471 g/mol. The van der Waals surface area contributed by atoms with Gasteiger partial charge < -0.3 is 5.32 Å². The summed E-state index contributed by atoms with van der Waals surface area (Å²) in [6.45, 7) is 5.79. The van der Waals surface area contributed by atoms with E-state index in [1.54, 1.807) is 49.5 Å². The normalized spacial score (nSPS) is 11.0. The smallest absolute Gasteiger partial charge is 0.274 e. The molecule has 0 radical (unpaired) electrons. The van der Waals surface area contributed by atoms with Crippen LogP contribution in [0.2, 0.25) is 5.02 Å². The zero-order valence-electron chi connectivity index (χ0n) is 19.4. The number of hydrogen-bond acceptors (Lipinski definition) is 6. The van der Waals surface area contributed by atoms with Gasteiger partial charge in [-0.2, -0.15) is 5.10 Å². The number of nitrogens with one attached hydrogen (secondary N) is 2. The van der Waals surface area contributed by atoms with Crippen LogP contribution in [0.5, 0.6) is 0 Å². The van der Waals surface area contributed by atoms with Crippen LogP contribution in [0.4, 0.5) is 16.0 Å². The van der Waals surface area contributed by atoms with Crippen LogP contribution in [0.15, 0.2) is 61.1 Å². The first kappa shape index (κ1) is 24.3. The Morgan fingerprint density at radius 2 is 1.94 bits per heavy atom. The maximum Gasteiger partial charge on any atom is 0.274 e. The highest BCUT2D eigenvalue weighted by molar-refractivity contribution is 6.32. The van der Waals surface area contributed by atoms with Crippen LogP contribution in [0.25, 0.3) is 11.3 Å². The molecule has 35 heavy (non-hydrogen) atoms. The largest absolute Gasteiger partial charge is 0.324 e. The van der Waals surface area contributed by atoms with E-state index in [1.807, 2.05) is 24.7 Å². The van der Waals surface area contributed by atoms with Gasteiger partial charge in [0, 0.05) is 29.1 Å². The van der Waals surface area contributed by atoms with Gasteiger partial charge >= 0.3 is 0 Å². The van der Waals surface area contributed by atoms with Gasteiger partial charge in [-0.15, -0.1) is 0 Å². The molecule has 1 amide bonds.